The van der Waals surface area contributed by atoms with Crippen molar-refractivity contribution < 1.29 is 34.3 Å². The van der Waals surface area contributed by atoms with Crippen LogP contribution in [0.15, 0.2) is 66.1 Å². The van der Waals surface area contributed by atoms with Crippen molar-refractivity contribution in [2.75, 3.05) is 11.1 Å². The second-order valence-electron chi connectivity index (χ2n) is 13.8. The van der Waals surface area contributed by atoms with Gasteiger partial charge in [-0.3, -0.25) is 14.4 Å². The Balaban J connectivity index is 1.29. The molecule has 2 bridgehead atoms. The number of Topliss-reactive ketones (excluding diaryl/α,β-unsaturated/α-hetero) is 1. The Bertz CT molecular complexity index is 1470. The maximum absolute atomic E-state index is 13.6. The highest BCUT2D eigenvalue weighted by atomic mass is 32.2. The lowest BCUT2D eigenvalue weighted by molar-refractivity contribution is -0.205. The molecule has 0 saturated heterocycles. The summed E-state index contributed by atoms with van der Waals surface area (Å²) in [6, 6.07) is 13.2. The molecular weight excluding hydrogens is 589 g/mol. The molecular formula is C35H44BNO7S. The average molecular weight is 634 g/mol. The Morgan fingerprint density at radius 2 is 1.84 bits per heavy atom. The summed E-state index contributed by atoms with van der Waals surface area (Å²) in [5.74, 6) is -0.652. The van der Waals surface area contributed by atoms with Crippen LogP contribution in [0.1, 0.15) is 70.2 Å². The van der Waals surface area contributed by atoms with Gasteiger partial charge in [0.15, 0.2) is 0 Å². The van der Waals surface area contributed by atoms with Crippen molar-refractivity contribution in [2.24, 2.45) is 34.0 Å². The second-order valence-corrected chi connectivity index (χ2v) is 14.9. The Hall–Kier alpha value is -2.92. The fraction of sp³-hybridized carbons (Fsp3) is 0.514. The summed E-state index contributed by atoms with van der Waals surface area (Å²) < 4.78 is 6.33. The number of nitrogens with one attached hydrogen (secondary N) is 1. The topological polar surface area (TPSA) is 133 Å². The lowest BCUT2D eigenvalue weighted by Crippen LogP contribution is -2.63. The Morgan fingerprint density at radius 3 is 2.51 bits per heavy atom. The number of esters is 1. The minimum Gasteiger partial charge on any atom is -0.461 e. The monoisotopic (exact) mass is 633 g/mol. The average Bonchev–Trinajstić information content (AvgIpc) is 3.38. The van der Waals surface area contributed by atoms with Crippen LogP contribution < -0.4 is 10.8 Å². The van der Waals surface area contributed by atoms with E-state index in [9.17, 15) is 29.5 Å². The largest absolute Gasteiger partial charge is 0.488 e. The highest BCUT2D eigenvalue weighted by Crippen LogP contribution is 2.68. The van der Waals surface area contributed by atoms with Crippen molar-refractivity contribution in [1.82, 2.24) is 0 Å². The van der Waals surface area contributed by atoms with Gasteiger partial charge in [0.1, 0.15) is 11.9 Å². The lowest BCUT2D eigenvalue weighted by atomic mass is 9.44. The summed E-state index contributed by atoms with van der Waals surface area (Å²) in [7, 11) is -1.66. The van der Waals surface area contributed by atoms with Gasteiger partial charge in [-0.25, -0.2) is 0 Å². The SMILES string of the molecule is C=C[C@]1(C)C[C@@H](OC(=O)CSc2ccc(NC(=O)c3cccc(B(O)O)c3)cc2)[C@]2(C)[C@H](C)CC[C@]3(CCC(=O)[C@H]32)[C@@H](C)[C@@H]1O. The van der Waals surface area contributed by atoms with Gasteiger partial charge in [0.2, 0.25) is 0 Å². The molecule has 45 heavy (non-hydrogen) atoms. The first-order valence-corrected chi connectivity index (χ1v) is 16.8. The number of thioether (sulfide) groups is 1. The van der Waals surface area contributed by atoms with Gasteiger partial charge in [-0.1, -0.05) is 45.9 Å². The highest BCUT2D eigenvalue weighted by Gasteiger charge is 2.68. The highest BCUT2D eigenvalue weighted by molar-refractivity contribution is 8.00. The normalized spacial score (nSPS) is 34.2. The van der Waals surface area contributed by atoms with E-state index < -0.39 is 30.2 Å². The second kappa shape index (κ2) is 12.7. The zero-order valence-electron chi connectivity index (χ0n) is 26.5. The molecule has 2 aromatic rings. The number of anilines is 1. The van der Waals surface area contributed by atoms with E-state index in [0.29, 0.717) is 24.1 Å². The molecule has 5 rings (SSSR count). The first kappa shape index (κ1) is 33.4. The molecule has 240 valence electrons. The van der Waals surface area contributed by atoms with Crippen LogP contribution in [0.2, 0.25) is 0 Å². The molecule has 3 aliphatic carbocycles. The number of benzene rings is 2. The van der Waals surface area contributed by atoms with Gasteiger partial charge in [-0.2, -0.15) is 0 Å². The van der Waals surface area contributed by atoms with Gasteiger partial charge in [-0.15, -0.1) is 18.3 Å². The smallest absolute Gasteiger partial charge is 0.461 e. The molecule has 3 fully saturated rings. The van der Waals surface area contributed by atoms with Crippen LogP contribution in [-0.4, -0.2) is 57.9 Å². The molecule has 4 N–H and O–H groups in total. The zero-order chi connectivity index (χ0) is 32.7. The molecule has 0 aliphatic heterocycles. The molecule has 8 nitrogen and oxygen atoms in total. The van der Waals surface area contributed by atoms with Crippen LogP contribution in [-0.2, 0) is 14.3 Å². The number of aliphatic hydroxyl groups excluding tert-OH is 1. The van der Waals surface area contributed by atoms with Crippen LogP contribution in [0, 0.1) is 34.0 Å². The molecule has 1 amide bonds. The minimum absolute atomic E-state index is 0.0659. The summed E-state index contributed by atoms with van der Waals surface area (Å²) in [5.41, 5.74) is -0.484. The number of carbonyl (C=O) groups is 3. The van der Waals surface area contributed by atoms with Crippen LogP contribution >= 0.6 is 11.8 Å². The summed E-state index contributed by atoms with van der Waals surface area (Å²) >= 11 is 1.32. The van der Waals surface area contributed by atoms with Crippen molar-refractivity contribution in [3.63, 3.8) is 0 Å². The standard InChI is InChI=1S/C35H44BNO7S/c1-6-33(4)19-28(34(5)21(2)14-16-35(22(3)31(33)40)17-15-27(38)30(34)35)44-29(39)20-45-26-12-10-25(11-13-26)37-32(41)23-8-7-9-24(18-23)36(42)43/h6-13,18,21-22,28,30-31,40,42-43H,1,14-17,19-20H2,2-5H3,(H,37,41)/t21-,22+,28-,30+,31+,33-,34+,35+/m1/s1. The fourth-order valence-corrected chi connectivity index (χ4v) is 9.20. The Labute approximate surface area is 270 Å². The number of ketones is 1. The predicted molar refractivity (Wildman–Crippen MR) is 176 cm³/mol. The van der Waals surface area contributed by atoms with Gasteiger partial charge < -0.3 is 25.2 Å². The van der Waals surface area contributed by atoms with Crippen molar-refractivity contribution in [1.29, 1.82) is 0 Å². The van der Waals surface area contributed by atoms with Crippen LogP contribution in [0.4, 0.5) is 5.69 Å². The Kier molecular flexibility index (Phi) is 9.44. The summed E-state index contributed by atoms with van der Waals surface area (Å²) in [6.07, 6.45) is 4.00. The van der Waals surface area contributed by atoms with E-state index in [2.05, 4.69) is 32.7 Å². The van der Waals surface area contributed by atoms with Gasteiger partial charge in [0.25, 0.3) is 5.91 Å². The molecule has 0 spiro atoms. The first-order valence-electron chi connectivity index (χ1n) is 15.8. The minimum atomic E-state index is -1.66. The molecule has 0 heterocycles. The van der Waals surface area contributed by atoms with Crippen molar-refractivity contribution in [3.8, 4) is 0 Å². The number of hydrogen-bond donors (Lipinski definition) is 4. The molecule has 8 atom stereocenters. The van der Waals surface area contributed by atoms with Gasteiger partial charge in [0, 0.05) is 39.3 Å². The summed E-state index contributed by atoms with van der Waals surface area (Å²) in [6.45, 7) is 12.5. The van der Waals surface area contributed by atoms with E-state index in [-0.39, 0.29) is 52.0 Å². The molecule has 0 radical (unpaired) electrons. The molecule has 0 aromatic heterocycles. The van der Waals surface area contributed by atoms with Crippen molar-refractivity contribution >= 4 is 47.7 Å². The van der Waals surface area contributed by atoms with Gasteiger partial charge in [0.05, 0.1) is 11.9 Å². The predicted octanol–water partition coefficient (Wildman–Crippen LogP) is 4.62. The number of carbonyl (C=O) groups excluding carboxylic acids is 3. The molecule has 0 unspecified atom stereocenters. The fourth-order valence-electron chi connectivity index (χ4n) is 8.51. The third kappa shape index (κ3) is 6.02. The molecule has 3 aliphatic rings. The first-order chi connectivity index (χ1) is 21.2. The van der Waals surface area contributed by atoms with E-state index >= 15 is 0 Å². The number of rotatable bonds is 8. The van der Waals surface area contributed by atoms with Crippen LogP contribution in [0.5, 0.6) is 0 Å². The van der Waals surface area contributed by atoms with Crippen molar-refractivity contribution in [2.45, 2.75) is 76.9 Å². The lowest BCUT2D eigenvalue weighted by Gasteiger charge is -2.61. The van der Waals surface area contributed by atoms with Gasteiger partial charge >= 0.3 is 13.1 Å². The number of hydrogen-bond acceptors (Lipinski definition) is 8. The van der Waals surface area contributed by atoms with E-state index in [1.54, 1.807) is 42.5 Å². The van der Waals surface area contributed by atoms with Gasteiger partial charge in [-0.05, 0) is 84.8 Å². The molecule has 10 heteroatoms. The van der Waals surface area contributed by atoms with E-state index in [1.807, 2.05) is 6.92 Å². The van der Waals surface area contributed by atoms with Crippen LogP contribution in [0.3, 0.4) is 0 Å². The van der Waals surface area contributed by atoms with E-state index in [1.165, 1.54) is 23.9 Å². The van der Waals surface area contributed by atoms with E-state index in [4.69, 9.17) is 4.74 Å². The van der Waals surface area contributed by atoms with Crippen LogP contribution in [0.25, 0.3) is 0 Å². The maximum atomic E-state index is 13.6. The third-order valence-corrected chi connectivity index (χ3v) is 12.5. The quantitative estimate of drug-likeness (QED) is 0.143. The Morgan fingerprint density at radius 1 is 1.13 bits per heavy atom. The summed E-state index contributed by atoms with van der Waals surface area (Å²) in [5, 5.41) is 33.3. The third-order valence-electron chi connectivity index (χ3n) is 11.5. The number of aliphatic hydroxyl groups is 1. The number of amides is 1. The summed E-state index contributed by atoms with van der Waals surface area (Å²) in [4.78, 5) is 40.5. The maximum Gasteiger partial charge on any atom is 0.488 e. The number of ether oxygens (including phenoxy) is 1. The van der Waals surface area contributed by atoms with Crippen molar-refractivity contribution in [3.05, 3.63) is 66.7 Å². The molecule has 3 saturated carbocycles. The van der Waals surface area contributed by atoms with E-state index in [0.717, 1.165) is 24.2 Å². The molecule has 2 aromatic carbocycles. The zero-order valence-corrected chi connectivity index (χ0v) is 27.3.